The fourth-order valence-electron chi connectivity index (χ4n) is 2.09. The van der Waals surface area contributed by atoms with Crippen molar-refractivity contribution in [3.63, 3.8) is 0 Å². The maximum absolute atomic E-state index is 4.82. The summed E-state index contributed by atoms with van der Waals surface area (Å²) in [6, 6.07) is 2.03. The highest BCUT2D eigenvalue weighted by Crippen LogP contribution is 2.28. The molecule has 4 nitrogen and oxygen atoms in total. The molecule has 0 bridgehead atoms. The van der Waals surface area contributed by atoms with Crippen molar-refractivity contribution in [2.75, 3.05) is 6.54 Å². The molecule has 20 heavy (non-hydrogen) atoms. The average molecular weight is 292 g/mol. The summed E-state index contributed by atoms with van der Waals surface area (Å²) < 4.78 is 1.83. The van der Waals surface area contributed by atoms with Crippen molar-refractivity contribution in [1.29, 1.82) is 0 Å². The molecule has 0 amide bonds. The Hall–Kier alpha value is -1.20. The minimum atomic E-state index is 0.624. The molecule has 110 valence electrons. The summed E-state index contributed by atoms with van der Waals surface area (Å²) in [7, 11) is 1.94. The van der Waals surface area contributed by atoms with Crippen LogP contribution in [-0.4, -0.2) is 21.3 Å². The van der Waals surface area contributed by atoms with Crippen molar-refractivity contribution in [3.8, 4) is 10.7 Å². The summed E-state index contributed by atoms with van der Waals surface area (Å²) in [5.74, 6) is 0.624. The number of hydrogen-bond acceptors (Lipinski definition) is 4. The topological polar surface area (TPSA) is 42.7 Å². The Bertz CT molecular complexity index is 542. The van der Waals surface area contributed by atoms with E-state index in [2.05, 4.69) is 31.2 Å². The number of hydrogen-bond donors (Lipinski definition) is 1. The molecule has 0 saturated heterocycles. The van der Waals surface area contributed by atoms with Crippen LogP contribution in [0.4, 0.5) is 0 Å². The average Bonchev–Trinajstić information content (AvgIpc) is 2.96. The Morgan fingerprint density at radius 2 is 2.20 bits per heavy atom. The van der Waals surface area contributed by atoms with Gasteiger partial charge in [-0.05, 0) is 31.4 Å². The first-order chi connectivity index (χ1) is 9.60. The summed E-state index contributed by atoms with van der Waals surface area (Å²) >= 11 is 1.77. The van der Waals surface area contributed by atoms with Gasteiger partial charge in [-0.15, -0.1) is 11.3 Å². The highest BCUT2D eigenvalue weighted by molar-refractivity contribution is 7.15. The van der Waals surface area contributed by atoms with Gasteiger partial charge in [0.25, 0.3) is 0 Å². The maximum atomic E-state index is 4.82. The molecule has 5 heteroatoms. The Morgan fingerprint density at radius 3 is 2.80 bits per heavy atom. The van der Waals surface area contributed by atoms with Gasteiger partial charge in [0, 0.05) is 24.7 Å². The minimum absolute atomic E-state index is 0.624. The zero-order valence-electron chi connectivity index (χ0n) is 12.8. The number of aryl methyl sites for hydroxylation is 1. The van der Waals surface area contributed by atoms with Gasteiger partial charge in [-0.3, -0.25) is 4.68 Å². The third kappa shape index (κ3) is 3.90. The zero-order valence-corrected chi connectivity index (χ0v) is 13.6. The van der Waals surface area contributed by atoms with E-state index in [1.54, 1.807) is 11.3 Å². The third-order valence-corrected chi connectivity index (χ3v) is 4.15. The molecule has 0 spiro atoms. The Balaban J connectivity index is 2.21. The van der Waals surface area contributed by atoms with Crippen LogP contribution < -0.4 is 5.32 Å². The molecule has 2 heterocycles. The standard InChI is InChI=1S/C15H24N4S/c1-5-7-16-10-14-13(9-11(2)3)17-15(20-14)12-6-8-19(4)18-12/h6,8,11,16H,5,7,9-10H2,1-4H3. The fourth-order valence-corrected chi connectivity index (χ4v) is 3.11. The maximum Gasteiger partial charge on any atom is 0.144 e. The lowest BCUT2D eigenvalue weighted by Gasteiger charge is -2.05. The van der Waals surface area contributed by atoms with Crippen LogP contribution in [0.1, 0.15) is 37.8 Å². The van der Waals surface area contributed by atoms with Crippen LogP contribution >= 0.6 is 11.3 Å². The Labute approximate surface area is 125 Å². The number of nitrogens with zero attached hydrogens (tertiary/aromatic N) is 3. The van der Waals surface area contributed by atoms with Crippen LogP contribution in [0, 0.1) is 5.92 Å². The van der Waals surface area contributed by atoms with Crippen molar-refractivity contribution >= 4 is 11.3 Å². The molecule has 0 radical (unpaired) electrons. The smallest absolute Gasteiger partial charge is 0.144 e. The second kappa shape index (κ2) is 6.99. The van der Waals surface area contributed by atoms with Crippen LogP contribution in [0.25, 0.3) is 10.7 Å². The first-order valence-electron chi connectivity index (χ1n) is 7.29. The van der Waals surface area contributed by atoms with E-state index >= 15 is 0 Å². The molecule has 2 rings (SSSR count). The second-order valence-electron chi connectivity index (χ2n) is 5.54. The van der Waals surface area contributed by atoms with Gasteiger partial charge < -0.3 is 5.32 Å². The van der Waals surface area contributed by atoms with E-state index in [1.165, 1.54) is 10.6 Å². The number of rotatable bonds is 7. The number of aromatic nitrogens is 3. The molecular weight excluding hydrogens is 268 g/mol. The molecule has 0 aromatic carbocycles. The Kier molecular flexibility index (Phi) is 5.31. The monoisotopic (exact) mass is 292 g/mol. The van der Waals surface area contributed by atoms with E-state index in [1.807, 2.05) is 24.0 Å². The van der Waals surface area contributed by atoms with Crippen molar-refractivity contribution in [2.45, 2.75) is 40.2 Å². The lowest BCUT2D eigenvalue weighted by molar-refractivity contribution is 0.623. The van der Waals surface area contributed by atoms with Crippen molar-refractivity contribution in [1.82, 2.24) is 20.1 Å². The lowest BCUT2D eigenvalue weighted by atomic mass is 10.1. The summed E-state index contributed by atoms with van der Waals surface area (Å²) in [6.45, 7) is 8.64. The molecule has 2 aromatic heterocycles. The molecule has 0 unspecified atom stereocenters. The molecule has 0 fully saturated rings. The van der Waals surface area contributed by atoms with E-state index in [0.717, 1.165) is 36.6 Å². The molecule has 0 aliphatic heterocycles. The highest BCUT2D eigenvalue weighted by atomic mass is 32.1. The van der Waals surface area contributed by atoms with Crippen LogP contribution in [0.5, 0.6) is 0 Å². The largest absolute Gasteiger partial charge is 0.312 e. The van der Waals surface area contributed by atoms with Crippen molar-refractivity contribution < 1.29 is 0 Å². The first kappa shape index (κ1) is 15.2. The van der Waals surface area contributed by atoms with E-state index in [-0.39, 0.29) is 0 Å². The van der Waals surface area contributed by atoms with Gasteiger partial charge in [0.05, 0.1) is 5.69 Å². The van der Waals surface area contributed by atoms with E-state index in [9.17, 15) is 0 Å². The number of thiazole rings is 1. The van der Waals surface area contributed by atoms with Crippen LogP contribution in [-0.2, 0) is 20.0 Å². The minimum Gasteiger partial charge on any atom is -0.312 e. The Morgan fingerprint density at radius 1 is 1.40 bits per heavy atom. The van der Waals surface area contributed by atoms with Crippen molar-refractivity contribution in [3.05, 3.63) is 22.8 Å². The summed E-state index contributed by atoms with van der Waals surface area (Å²) in [5.41, 5.74) is 2.21. The molecule has 1 N–H and O–H groups in total. The third-order valence-electron chi connectivity index (χ3n) is 3.02. The predicted octanol–water partition coefficient (Wildman–Crippen LogP) is 3.24. The molecule has 0 aliphatic rings. The molecule has 0 atom stereocenters. The first-order valence-corrected chi connectivity index (χ1v) is 8.11. The molecule has 0 saturated carbocycles. The van der Waals surface area contributed by atoms with Crippen LogP contribution in [0.2, 0.25) is 0 Å². The quantitative estimate of drug-likeness (QED) is 0.797. The molecule has 0 aliphatic carbocycles. The van der Waals surface area contributed by atoms with Crippen LogP contribution in [0.3, 0.4) is 0 Å². The fraction of sp³-hybridized carbons (Fsp3) is 0.600. The zero-order chi connectivity index (χ0) is 14.5. The number of nitrogens with one attached hydrogen (secondary N) is 1. The van der Waals surface area contributed by atoms with Crippen molar-refractivity contribution in [2.24, 2.45) is 13.0 Å². The summed E-state index contributed by atoms with van der Waals surface area (Å²) in [6.07, 6.45) is 4.16. The molecule has 2 aromatic rings. The van der Waals surface area contributed by atoms with Gasteiger partial charge >= 0.3 is 0 Å². The normalized spacial score (nSPS) is 11.4. The molecular formula is C15H24N4S. The van der Waals surface area contributed by atoms with Gasteiger partial charge in [0.15, 0.2) is 0 Å². The highest BCUT2D eigenvalue weighted by Gasteiger charge is 2.14. The van der Waals surface area contributed by atoms with E-state index < -0.39 is 0 Å². The predicted molar refractivity (Wildman–Crippen MR) is 84.9 cm³/mol. The van der Waals surface area contributed by atoms with Gasteiger partial charge in [-0.25, -0.2) is 4.98 Å². The van der Waals surface area contributed by atoms with E-state index in [4.69, 9.17) is 4.98 Å². The lowest BCUT2D eigenvalue weighted by Crippen LogP contribution is -2.14. The van der Waals surface area contributed by atoms with Crippen LogP contribution in [0.15, 0.2) is 12.3 Å². The van der Waals surface area contributed by atoms with Gasteiger partial charge in [-0.2, -0.15) is 5.10 Å². The second-order valence-corrected chi connectivity index (χ2v) is 6.62. The van der Waals surface area contributed by atoms with E-state index in [0.29, 0.717) is 5.92 Å². The summed E-state index contributed by atoms with van der Waals surface area (Å²) in [4.78, 5) is 6.17. The van der Waals surface area contributed by atoms with Gasteiger partial charge in [0.1, 0.15) is 10.7 Å². The van der Waals surface area contributed by atoms with Gasteiger partial charge in [0.2, 0.25) is 0 Å². The SMILES string of the molecule is CCCNCc1sc(-c2ccn(C)n2)nc1CC(C)C. The summed E-state index contributed by atoms with van der Waals surface area (Å²) in [5, 5.41) is 8.97. The van der Waals surface area contributed by atoms with Gasteiger partial charge in [-0.1, -0.05) is 20.8 Å².